The summed E-state index contributed by atoms with van der Waals surface area (Å²) in [5.41, 5.74) is 12.1. The minimum Gasteiger partial charge on any atom is -0.489 e. The smallest absolute Gasteiger partial charge is 0.326 e. The average molecular weight is 957 g/mol. The number of amides is 1. The van der Waals surface area contributed by atoms with Gasteiger partial charge in [0.25, 0.3) is 11.5 Å². The lowest BCUT2D eigenvalue weighted by molar-refractivity contribution is -0.139. The summed E-state index contributed by atoms with van der Waals surface area (Å²) in [4.78, 5) is 66.3. The van der Waals surface area contributed by atoms with Crippen LogP contribution in [-0.4, -0.2) is 108 Å². The van der Waals surface area contributed by atoms with Crippen LogP contribution in [0, 0.1) is 0 Å². The van der Waals surface area contributed by atoms with E-state index in [1.54, 1.807) is 29.3 Å². The highest BCUT2D eigenvalue weighted by atomic mass is 35.5. The number of aldehydes is 1. The highest BCUT2D eigenvalue weighted by Crippen LogP contribution is 2.38. The number of aryl methyl sites for hydroxylation is 1. The molecular formula is C48H51Cl2N7O10. The van der Waals surface area contributed by atoms with Crippen molar-refractivity contribution in [3.8, 4) is 16.9 Å². The van der Waals surface area contributed by atoms with Gasteiger partial charge in [-0.3, -0.25) is 19.4 Å². The van der Waals surface area contributed by atoms with Gasteiger partial charge in [0.05, 0.1) is 84.9 Å². The number of fused-ring (bicyclic) bond motifs is 2. The molecule has 5 aromatic rings. The Labute approximate surface area is 396 Å². The highest BCUT2D eigenvalue weighted by molar-refractivity contribution is 6.39. The second-order valence-electron chi connectivity index (χ2n) is 15.4. The van der Waals surface area contributed by atoms with Gasteiger partial charge in [0.15, 0.2) is 5.75 Å². The molecule has 19 heteroatoms. The van der Waals surface area contributed by atoms with Crippen molar-refractivity contribution in [3.05, 3.63) is 145 Å². The quantitative estimate of drug-likeness (QED) is 0.0280. The number of benzene rings is 3. The Morgan fingerprint density at radius 3 is 2.19 bits per heavy atom. The summed E-state index contributed by atoms with van der Waals surface area (Å²) >= 11 is 12.2. The molecular weight excluding hydrogens is 905 g/mol. The van der Waals surface area contributed by atoms with Crippen molar-refractivity contribution >= 4 is 58.5 Å². The fourth-order valence-electron chi connectivity index (χ4n) is 7.58. The topological polar surface area (TPSA) is 241 Å². The maximum absolute atomic E-state index is 13.3. The van der Waals surface area contributed by atoms with Gasteiger partial charge in [-0.25, -0.2) is 15.3 Å². The van der Waals surface area contributed by atoms with Crippen molar-refractivity contribution in [2.24, 2.45) is 18.6 Å². The number of carbonyl (C=O) groups is 4. The Balaban J connectivity index is 0.933. The number of aliphatic carboxylic acids is 1. The van der Waals surface area contributed by atoms with Gasteiger partial charge >= 0.3 is 5.97 Å². The molecule has 2 unspecified atom stereocenters. The number of nitrogens with two attached hydrogens (primary N) is 2. The first-order valence-corrected chi connectivity index (χ1v) is 22.1. The number of nitrogens with one attached hydrogen (secondary N) is 1. The van der Waals surface area contributed by atoms with Crippen molar-refractivity contribution in [1.29, 1.82) is 0 Å². The maximum atomic E-state index is 13.3. The van der Waals surface area contributed by atoms with E-state index in [1.165, 1.54) is 30.3 Å². The Morgan fingerprint density at radius 1 is 0.896 bits per heavy atom. The van der Waals surface area contributed by atoms with E-state index in [9.17, 15) is 29.1 Å². The Morgan fingerprint density at radius 2 is 1.52 bits per heavy atom. The number of ketones is 1. The predicted molar refractivity (Wildman–Crippen MR) is 251 cm³/mol. The van der Waals surface area contributed by atoms with Crippen LogP contribution in [0.15, 0.2) is 96.2 Å². The van der Waals surface area contributed by atoms with Gasteiger partial charge in [-0.15, -0.1) is 0 Å². The minimum absolute atomic E-state index is 0.0155. The number of hydrogen-bond acceptors (Lipinski definition) is 14. The van der Waals surface area contributed by atoms with Crippen LogP contribution in [0.4, 0.5) is 0 Å². The molecule has 2 atom stereocenters. The van der Waals surface area contributed by atoms with Gasteiger partial charge in [-0.2, -0.15) is 5.10 Å². The molecule has 0 saturated carbocycles. The molecule has 0 spiro atoms. The first-order valence-electron chi connectivity index (χ1n) is 21.4. The third-order valence-corrected chi connectivity index (χ3v) is 11.5. The van der Waals surface area contributed by atoms with Gasteiger partial charge in [-0.1, -0.05) is 96.0 Å². The van der Waals surface area contributed by atoms with Crippen LogP contribution in [0.1, 0.15) is 56.9 Å². The van der Waals surface area contributed by atoms with Gasteiger partial charge in [0.2, 0.25) is 0 Å². The molecule has 0 bridgehead atoms. The molecule has 0 saturated heterocycles. The van der Waals surface area contributed by atoms with Crippen LogP contribution >= 0.6 is 23.2 Å². The van der Waals surface area contributed by atoms with Crippen LogP contribution in [0.3, 0.4) is 0 Å². The summed E-state index contributed by atoms with van der Waals surface area (Å²) in [6, 6.07) is 20.6. The molecule has 6 rings (SSSR count). The molecule has 1 aliphatic carbocycles. The molecule has 0 aliphatic heterocycles. The second-order valence-corrected chi connectivity index (χ2v) is 16.2. The van der Waals surface area contributed by atoms with E-state index in [0.29, 0.717) is 55.3 Å². The number of carboxylic acid groups (broad SMARTS) is 1. The summed E-state index contributed by atoms with van der Waals surface area (Å²) in [6.07, 6.45) is 5.36. The SMILES string of the molecule is Cn1ncc(OCCOCCOCCOCCN(N)/C2=C(\N)c3ccccc3C(C(=O)CCC=O)Cc3ccccc32)c(-c2ccc(CC(NC(=O)c3c(Cl)cncc3Cl)C(=O)O)cc2)c1=O. The number of hydrazine groups is 1. The normalized spacial score (nSPS) is 14.8. The molecule has 67 heavy (non-hydrogen) atoms. The average Bonchev–Trinajstić information content (AvgIpc) is 3.31. The number of pyridine rings is 1. The number of rotatable bonds is 24. The van der Waals surface area contributed by atoms with Gasteiger partial charge in [-0.05, 0) is 28.7 Å². The molecule has 1 amide bonds. The van der Waals surface area contributed by atoms with E-state index in [2.05, 4.69) is 15.4 Å². The molecule has 1 aliphatic rings. The van der Waals surface area contributed by atoms with Crippen molar-refractivity contribution in [1.82, 2.24) is 25.1 Å². The third-order valence-electron chi connectivity index (χ3n) is 10.9. The summed E-state index contributed by atoms with van der Waals surface area (Å²) in [7, 11) is 1.51. The summed E-state index contributed by atoms with van der Waals surface area (Å²) < 4.78 is 24.3. The number of aromatic nitrogens is 3. The third kappa shape index (κ3) is 12.9. The molecule has 352 valence electrons. The Kier molecular flexibility index (Phi) is 18.1. The van der Waals surface area contributed by atoms with E-state index in [1.807, 2.05) is 48.5 Å². The first kappa shape index (κ1) is 50.0. The zero-order valence-corrected chi connectivity index (χ0v) is 38.2. The first-order chi connectivity index (χ1) is 32.4. The van der Waals surface area contributed by atoms with Gasteiger partial charge in [0.1, 0.15) is 24.7 Å². The van der Waals surface area contributed by atoms with Crippen LogP contribution in [0.5, 0.6) is 5.75 Å². The van der Waals surface area contributed by atoms with E-state index in [4.69, 9.17) is 53.7 Å². The number of Topliss-reactive ketones (excluding diaryl/α,β-unsaturated/α-hetero) is 1. The largest absolute Gasteiger partial charge is 0.489 e. The number of hydrogen-bond donors (Lipinski definition) is 4. The fourth-order valence-corrected chi connectivity index (χ4v) is 8.11. The standard InChI is InChI=1S/C48H51Cl2N7O10/c1-56-47(61)42(31-14-12-30(13-15-31)25-39(48(62)63)55-46(60)43-37(49)27-53-28-38(43)50)41(29-54-56)67-24-23-66-22-21-65-20-19-64-18-16-57(52)45-33-8-3-2-7-32(33)26-36(40(59)11-6-17-58)34-9-4-5-10-35(34)44(45)51/h2-5,7-10,12-15,17,27-29,36,39H,6,11,16,18-26,51-52H2,1H3,(H,55,60)(H,62,63)/b45-44-. The van der Waals surface area contributed by atoms with Crippen molar-refractivity contribution in [3.63, 3.8) is 0 Å². The summed E-state index contributed by atoms with van der Waals surface area (Å²) in [5, 5.41) is 17.9. The number of halogens is 2. The zero-order chi connectivity index (χ0) is 47.9. The number of ether oxygens (including phenoxy) is 4. The van der Waals surface area contributed by atoms with Crippen molar-refractivity contribution < 1.29 is 43.2 Å². The molecule has 2 aromatic heterocycles. The summed E-state index contributed by atoms with van der Waals surface area (Å²) in [5.74, 6) is 4.40. The molecule has 3 aromatic carbocycles. The molecule has 2 heterocycles. The highest BCUT2D eigenvalue weighted by Gasteiger charge is 2.30. The van der Waals surface area contributed by atoms with E-state index in [0.717, 1.165) is 28.5 Å². The monoisotopic (exact) mass is 955 g/mol. The van der Waals surface area contributed by atoms with Crippen LogP contribution < -0.4 is 27.2 Å². The van der Waals surface area contributed by atoms with E-state index < -0.39 is 29.4 Å². The Hall–Kier alpha value is -6.47. The van der Waals surface area contributed by atoms with Crippen LogP contribution in [0.2, 0.25) is 10.0 Å². The number of carboxylic acids is 1. The van der Waals surface area contributed by atoms with Crippen LogP contribution in [0.25, 0.3) is 22.5 Å². The van der Waals surface area contributed by atoms with Crippen molar-refractivity contribution in [2.75, 3.05) is 52.8 Å². The fraction of sp³-hybridized carbons (Fsp3) is 0.312. The lowest BCUT2D eigenvalue weighted by atomic mass is 9.80. The maximum Gasteiger partial charge on any atom is 0.326 e. The van der Waals surface area contributed by atoms with E-state index >= 15 is 0 Å². The molecule has 6 N–H and O–H groups in total. The second kappa shape index (κ2) is 24.3. The minimum atomic E-state index is -1.31. The van der Waals surface area contributed by atoms with Crippen molar-refractivity contribution in [2.45, 2.75) is 37.6 Å². The van der Waals surface area contributed by atoms with Gasteiger partial charge in [0, 0.05) is 55.7 Å². The molecule has 0 fully saturated rings. The lowest BCUT2D eigenvalue weighted by Gasteiger charge is -2.30. The Bertz CT molecular complexity index is 2620. The van der Waals surface area contributed by atoms with Crippen LogP contribution in [-0.2, 0) is 48.5 Å². The molecule has 17 nitrogen and oxygen atoms in total. The van der Waals surface area contributed by atoms with E-state index in [-0.39, 0.29) is 78.4 Å². The zero-order valence-electron chi connectivity index (χ0n) is 36.7. The van der Waals surface area contributed by atoms with Gasteiger partial charge < -0.3 is 44.9 Å². The lowest BCUT2D eigenvalue weighted by Crippen LogP contribution is -2.42. The number of nitrogens with zero attached hydrogens (tertiary/aromatic N) is 4. The summed E-state index contributed by atoms with van der Waals surface area (Å²) in [6.45, 7) is 2.12. The molecule has 0 radical (unpaired) electrons. The number of carbonyl (C=O) groups excluding carboxylic acids is 3. The predicted octanol–water partition coefficient (Wildman–Crippen LogP) is 4.85.